The fraction of sp³-hybridized carbons (Fsp3) is 0.545. The van der Waals surface area contributed by atoms with Crippen LogP contribution in [0.2, 0.25) is 0 Å². The van der Waals surface area contributed by atoms with E-state index in [0.29, 0.717) is 30.2 Å². The van der Waals surface area contributed by atoms with Crippen molar-refractivity contribution in [2.45, 2.75) is 52.8 Å². The van der Waals surface area contributed by atoms with E-state index in [4.69, 9.17) is 5.26 Å². The number of benzene rings is 1. The smallest absolute Gasteiger partial charge is 0.352 e. The van der Waals surface area contributed by atoms with Gasteiger partial charge in [0, 0.05) is 19.4 Å². The van der Waals surface area contributed by atoms with Crippen molar-refractivity contribution in [3.8, 4) is 6.07 Å². The van der Waals surface area contributed by atoms with Crippen LogP contribution in [0.1, 0.15) is 51.2 Å². The predicted molar refractivity (Wildman–Crippen MR) is 102 cm³/mol. The minimum absolute atomic E-state index is 0.112. The first-order valence-electron chi connectivity index (χ1n) is 9.60. The van der Waals surface area contributed by atoms with Gasteiger partial charge in [-0.05, 0) is 54.7 Å². The van der Waals surface area contributed by atoms with E-state index >= 15 is 0 Å². The minimum Gasteiger partial charge on any atom is -0.352 e. The van der Waals surface area contributed by atoms with Gasteiger partial charge in [-0.15, -0.1) is 0 Å². The van der Waals surface area contributed by atoms with E-state index in [2.05, 4.69) is 31.3 Å². The monoisotopic (exact) mass is 392 g/mol. The second-order valence-electron chi connectivity index (χ2n) is 7.95. The van der Waals surface area contributed by atoms with Crippen LogP contribution in [0.4, 0.5) is 13.2 Å². The minimum atomic E-state index is -4.36. The Balaban J connectivity index is 1.93. The highest BCUT2D eigenvalue weighted by molar-refractivity contribution is 5.76. The zero-order valence-electron chi connectivity index (χ0n) is 16.5. The number of nitriles is 1. The molecule has 0 saturated heterocycles. The molecule has 1 amide bonds. The molecule has 3 atom stereocenters. The number of allylic oxidation sites excluding steroid dienone is 2. The molecular formula is C22H27F3N2O. The van der Waals surface area contributed by atoms with Gasteiger partial charge in [0.05, 0.1) is 11.6 Å². The second-order valence-corrected chi connectivity index (χ2v) is 7.95. The van der Waals surface area contributed by atoms with Crippen molar-refractivity contribution in [3.63, 3.8) is 0 Å². The van der Waals surface area contributed by atoms with E-state index in [1.807, 2.05) is 6.92 Å². The number of carbonyl (C=O) groups is 1. The third kappa shape index (κ3) is 5.85. The number of alkyl halides is 3. The molecule has 0 fully saturated rings. The number of rotatable bonds is 6. The maximum Gasteiger partial charge on any atom is 0.416 e. The zero-order valence-corrected chi connectivity index (χ0v) is 16.5. The maximum absolute atomic E-state index is 12.6. The molecule has 1 aliphatic carbocycles. The van der Waals surface area contributed by atoms with Crippen molar-refractivity contribution in [3.05, 3.63) is 47.0 Å². The largest absolute Gasteiger partial charge is 0.416 e. The Kier molecular flexibility index (Phi) is 7.29. The molecule has 0 bridgehead atoms. The molecule has 2 rings (SSSR count). The van der Waals surface area contributed by atoms with Gasteiger partial charge in [0.1, 0.15) is 0 Å². The number of halogens is 3. The van der Waals surface area contributed by atoms with Gasteiger partial charge < -0.3 is 5.32 Å². The summed E-state index contributed by atoms with van der Waals surface area (Å²) < 4.78 is 37.8. The lowest BCUT2D eigenvalue weighted by Gasteiger charge is -2.36. The van der Waals surface area contributed by atoms with Crippen molar-refractivity contribution >= 4 is 5.91 Å². The van der Waals surface area contributed by atoms with E-state index in [1.54, 1.807) is 0 Å². The van der Waals surface area contributed by atoms with E-state index in [1.165, 1.54) is 12.1 Å². The third-order valence-electron chi connectivity index (χ3n) is 5.61. The van der Waals surface area contributed by atoms with Gasteiger partial charge in [-0.1, -0.05) is 37.6 Å². The average molecular weight is 392 g/mol. The van der Waals surface area contributed by atoms with E-state index < -0.39 is 11.7 Å². The van der Waals surface area contributed by atoms with Crippen molar-refractivity contribution in [2.75, 3.05) is 0 Å². The summed E-state index contributed by atoms with van der Waals surface area (Å²) in [5.41, 5.74) is 1.07. The van der Waals surface area contributed by atoms with Crippen LogP contribution >= 0.6 is 0 Å². The summed E-state index contributed by atoms with van der Waals surface area (Å²) in [5.74, 6) is 1.06. The first kappa shape index (κ1) is 22.0. The Hall–Kier alpha value is -2.29. The van der Waals surface area contributed by atoms with Crippen LogP contribution in [0.25, 0.3) is 0 Å². The maximum atomic E-state index is 12.6. The van der Waals surface area contributed by atoms with Gasteiger partial charge in [-0.2, -0.15) is 18.4 Å². The fourth-order valence-corrected chi connectivity index (χ4v) is 3.92. The molecular weight excluding hydrogens is 365 g/mol. The van der Waals surface area contributed by atoms with Crippen molar-refractivity contribution in [1.29, 1.82) is 5.26 Å². The summed E-state index contributed by atoms with van der Waals surface area (Å²) in [6, 6.07) is 7.08. The summed E-state index contributed by atoms with van der Waals surface area (Å²) in [7, 11) is 0. The van der Waals surface area contributed by atoms with Crippen LogP contribution in [0, 0.1) is 35.0 Å². The first-order chi connectivity index (χ1) is 13.1. The van der Waals surface area contributed by atoms with Crippen molar-refractivity contribution in [2.24, 2.45) is 23.7 Å². The Morgan fingerprint density at radius 1 is 1.29 bits per heavy atom. The van der Waals surface area contributed by atoms with Gasteiger partial charge >= 0.3 is 6.18 Å². The third-order valence-corrected chi connectivity index (χ3v) is 5.61. The highest BCUT2D eigenvalue weighted by atomic mass is 19.4. The molecule has 6 heteroatoms. The lowest BCUT2D eigenvalue weighted by atomic mass is 9.69. The van der Waals surface area contributed by atoms with Crippen molar-refractivity contribution < 1.29 is 18.0 Å². The number of nitrogens with one attached hydrogen (secondary N) is 1. The fourth-order valence-electron chi connectivity index (χ4n) is 3.92. The Morgan fingerprint density at radius 3 is 2.46 bits per heavy atom. The molecule has 1 aromatic rings. The molecule has 1 aromatic carbocycles. The molecule has 3 nitrogen and oxygen atoms in total. The lowest BCUT2D eigenvalue weighted by Crippen LogP contribution is -2.31. The standard InChI is InChI=1S/C22H27F3N2O/c1-14(2)20-11-18(15(3)10-17(20)8-9-26)12-21(28)27-13-16-4-6-19(7-5-16)22(23,24)25/h4-7,10,14,17-18,20H,8,11-13H2,1-3H3,(H,27,28). The summed E-state index contributed by atoms with van der Waals surface area (Å²) in [4.78, 5) is 12.4. The Bertz CT molecular complexity index is 745. The number of hydrogen-bond donors (Lipinski definition) is 1. The molecule has 0 aromatic heterocycles. The summed E-state index contributed by atoms with van der Waals surface area (Å²) in [6.45, 7) is 6.50. The summed E-state index contributed by atoms with van der Waals surface area (Å²) in [6.07, 6.45) is -0.493. The predicted octanol–water partition coefficient (Wildman–Crippen LogP) is 5.48. The molecule has 28 heavy (non-hydrogen) atoms. The molecule has 1 aliphatic rings. The summed E-state index contributed by atoms with van der Waals surface area (Å²) >= 11 is 0. The molecule has 1 N–H and O–H groups in total. The van der Waals surface area contributed by atoms with Crippen LogP contribution in [0.3, 0.4) is 0 Å². The van der Waals surface area contributed by atoms with E-state index in [9.17, 15) is 18.0 Å². The molecule has 0 spiro atoms. The zero-order chi connectivity index (χ0) is 20.9. The van der Waals surface area contributed by atoms with Gasteiger partial charge in [0.25, 0.3) is 0 Å². The number of hydrogen-bond acceptors (Lipinski definition) is 2. The molecule has 3 unspecified atom stereocenters. The molecule has 152 valence electrons. The average Bonchev–Trinajstić information content (AvgIpc) is 2.61. The van der Waals surface area contributed by atoms with Gasteiger partial charge in [0.15, 0.2) is 0 Å². The van der Waals surface area contributed by atoms with Crippen LogP contribution in [-0.4, -0.2) is 5.91 Å². The normalized spacial score (nSPS) is 22.5. The van der Waals surface area contributed by atoms with Gasteiger partial charge in [-0.25, -0.2) is 0 Å². The molecule has 0 radical (unpaired) electrons. The van der Waals surface area contributed by atoms with Gasteiger partial charge in [0.2, 0.25) is 5.91 Å². The van der Waals surface area contributed by atoms with E-state index in [-0.39, 0.29) is 24.3 Å². The van der Waals surface area contributed by atoms with Crippen LogP contribution < -0.4 is 5.32 Å². The summed E-state index contributed by atoms with van der Waals surface area (Å²) in [5, 5.41) is 11.9. The Morgan fingerprint density at radius 2 is 1.93 bits per heavy atom. The molecule has 0 heterocycles. The van der Waals surface area contributed by atoms with Crippen molar-refractivity contribution in [1.82, 2.24) is 5.32 Å². The quantitative estimate of drug-likeness (QED) is 0.652. The first-order valence-corrected chi connectivity index (χ1v) is 9.60. The highest BCUT2D eigenvalue weighted by Crippen LogP contribution is 2.40. The molecule has 0 saturated carbocycles. The van der Waals surface area contributed by atoms with Crippen LogP contribution in [-0.2, 0) is 17.5 Å². The lowest BCUT2D eigenvalue weighted by molar-refractivity contribution is -0.137. The number of carbonyl (C=O) groups excluding carboxylic acids is 1. The SMILES string of the molecule is CC1=CC(CC#N)C(C(C)C)CC1CC(=O)NCc1ccc(C(F)(F)F)cc1. The van der Waals surface area contributed by atoms with E-state index in [0.717, 1.165) is 24.1 Å². The van der Waals surface area contributed by atoms with Gasteiger partial charge in [-0.3, -0.25) is 4.79 Å². The van der Waals surface area contributed by atoms with Crippen LogP contribution in [0.5, 0.6) is 0 Å². The second kappa shape index (κ2) is 9.27. The van der Waals surface area contributed by atoms with Crippen LogP contribution in [0.15, 0.2) is 35.9 Å². The number of amides is 1. The number of nitrogens with zero attached hydrogens (tertiary/aromatic N) is 1. The highest BCUT2D eigenvalue weighted by Gasteiger charge is 2.32. The topological polar surface area (TPSA) is 52.9 Å². The molecule has 0 aliphatic heterocycles. The Labute approximate surface area is 164 Å².